The molecule has 0 fully saturated rings. The van der Waals surface area contributed by atoms with Crippen molar-refractivity contribution in [2.24, 2.45) is 0 Å². The lowest BCUT2D eigenvalue weighted by atomic mass is 10.1. The molecule has 0 saturated heterocycles. The van der Waals surface area contributed by atoms with Crippen molar-refractivity contribution in [3.8, 4) is 11.5 Å². The van der Waals surface area contributed by atoms with Gasteiger partial charge in [0.25, 0.3) is 0 Å². The van der Waals surface area contributed by atoms with Crippen molar-refractivity contribution in [1.82, 2.24) is 0 Å². The average molecular weight is 292 g/mol. The van der Waals surface area contributed by atoms with Crippen LogP contribution in [0.1, 0.15) is 12.5 Å². The highest BCUT2D eigenvalue weighted by Crippen LogP contribution is 2.30. The van der Waals surface area contributed by atoms with Crippen LogP contribution in [0.25, 0.3) is 0 Å². The fourth-order valence-electron chi connectivity index (χ4n) is 1.23. The largest absolute Gasteiger partial charge is 0.497 e. The summed E-state index contributed by atoms with van der Waals surface area (Å²) in [6, 6.07) is 3.99. The number of aryl methyl sites for hydroxylation is 1. The third-order valence-electron chi connectivity index (χ3n) is 1.91. The van der Waals surface area contributed by atoms with Crippen LogP contribution in [0.2, 0.25) is 0 Å². The maximum absolute atomic E-state index is 5.30. The van der Waals surface area contributed by atoms with E-state index < -0.39 is 0 Å². The van der Waals surface area contributed by atoms with Crippen molar-refractivity contribution in [3.63, 3.8) is 0 Å². The first kappa shape index (κ1) is 10.6. The van der Waals surface area contributed by atoms with Crippen molar-refractivity contribution >= 4 is 22.6 Å². The van der Waals surface area contributed by atoms with E-state index in [0.29, 0.717) is 0 Å². The summed E-state index contributed by atoms with van der Waals surface area (Å²) in [6.45, 7) is 2.10. The molecule has 2 nitrogen and oxygen atoms in total. The van der Waals surface area contributed by atoms with E-state index in [9.17, 15) is 0 Å². The average Bonchev–Trinajstić information content (AvgIpc) is 2.16. The molecule has 0 spiro atoms. The van der Waals surface area contributed by atoms with E-state index >= 15 is 0 Å². The molecule has 0 aromatic heterocycles. The molecule has 72 valence electrons. The summed E-state index contributed by atoms with van der Waals surface area (Å²) in [5, 5.41) is 0. The second-order valence-electron chi connectivity index (χ2n) is 2.66. The van der Waals surface area contributed by atoms with Gasteiger partial charge in [0.1, 0.15) is 11.5 Å². The van der Waals surface area contributed by atoms with E-state index in [4.69, 9.17) is 9.47 Å². The van der Waals surface area contributed by atoms with E-state index in [1.807, 2.05) is 12.1 Å². The summed E-state index contributed by atoms with van der Waals surface area (Å²) >= 11 is 2.25. The molecule has 0 bridgehead atoms. The number of hydrogen-bond donors (Lipinski definition) is 0. The second-order valence-corrected chi connectivity index (χ2v) is 3.82. The first-order valence-corrected chi connectivity index (χ1v) is 5.21. The van der Waals surface area contributed by atoms with E-state index in [-0.39, 0.29) is 0 Å². The van der Waals surface area contributed by atoms with Gasteiger partial charge in [0, 0.05) is 0 Å². The predicted molar refractivity (Wildman–Crippen MR) is 61.6 cm³/mol. The molecule has 1 aromatic carbocycles. The fraction of sp³-hybridized carbons (Fsp3) is 0.400. The van der Waals surface area contributed by atoms with Crippen LogP contribution < -0.4 is 9.47 Å². The van der Waals surface area contributed by atoms with Crippen molar-refractivity contribution < 1.29 is 9.47 Å². The third kappa shape index (κ3) is 2.27. The number of benzene rings is 1. The lowest BCUT2D eigenvalue weighted by Gasteiger charge is -2.10. The number of halogens is 1. The summed E-state index contributed by atoms with van der Waals surface area (Å²) in [6.07, 6.45) is 0.955. The smallest absolute Gasteiger partial charge is 0.135 e. The summed E-state index contributed by atoms with van der Waals surface area (Å²) < 4.78 is 11.6. The maximum Gasteiger partial charge on any atom is 0.135 e. The molecule has 0 saturated carbocycles. The quantitative estimate of drug-likeness (QED) is 0.798. The molecule has 0 aliphatic rings. The number of ether oxygens (including phenoxy) is 2. The molecule has 0 heterocycles. The van der Waals surface area contributed by atoms with Crippen LogP contribution in [-0.4, -0.2) is 14.2 Å². The Morgan fingerprint density at radius 1 is 1.23 bits per heavy atom. The zero-order valence-electron chi connectivity index (χ0n) is 8.06. The maximum atomic E-state index is 5.30. The normalized spacial score (nSPS) is 9.85. The second kappa shape index (κ2) is 4.69. The van der Waals surface area contributed by atoms with Crippen LogP contribution in [0.3, 0.4) is 0 Å². The van der Waals surface area contributed by atoms with E-state index in [0.717, 1.165) is 21.5 Å². The summed E-state index contributed by atoms with van der Waals surface area (Å²) in [5.41, 5.74) is 1.19. The minimum absolute atomic E-state index is 0.891. The van der Waals surface area contributed by atoms with Crippen molar-refractivity contribution in [2.75, 3.05) is 14.2 Å². The van der Waals surface area contributed by atoms with E-state index in [2.05, 4.69) is 29.5 Å². The van der Waals surface area contributed by atoms with Gasteiger partial charge in [-0.05, 0) is 46.7 Å². The molecule has 1 aromatic rings. The Bertz CT molecular complexity index is 297. The topological polar surface area (TPSA) is 18.5 Å². The van der Waals surface area contributed by atoms with Gasteiger partial charge in [-0.1, -0.05) is 6.92 Å². The third-order valence-corrected chi connectivity index (χ3v) is 2.72. The molecule has 0 aliphatic heterocycles. The number of rotatable bonds is 3. The van der Waals surface area contributed by atoms with E-state index in [1.54, 1.807) is 14.2 Å². The van der Waals surface area contributed by atoms with Gasteiger partial charge in [-0.15, -0.1) is 0 Å². The van der Waals surface area contributed by atoms with Crippen molar-refractivity contribution in [1.29, 1.82) is 0 Å². The van der Waals surface area contributed by atoms with Gasteiger partial charge in [-0.3, -0.25) is 0 Å². The molecule has 0 N–H and O–H groups in total. The molecule has 0 aliphatic carbocycles. The van der Waals surface area contributed by atoms with Gasteiger partial charge < -0.3 is 9.47 Å². The van der Waals surface area contributed by atoms with Crippen LogP contribution in [0.4, 0.5) is 0 Å². The Morgan fingerprint density at radius 3 is 2.38 bits per heavy atom. The predicted octanol–water partition coefficient (Wildman–Crippen LogP) is 2.87. The van der Waals surface area contributed by atoms with Gasteiger partial charge in [0.15, 0.2) is 0 Å². The lowest BCUT2D eigenvalue weighted by molar-refractivity contribution is 0.396. The highest BCUT2D eigenvalue weighted by atomic mass is 127. The van der Waals surface area contributed by atoms with Gasteiger partial charge in [0.2, 0.25) is 0 Å². The Hall–Kier alpha value is -0.450. The van der Waals surface area contributed by atoms with Crippen LogP contribution in [0.15, 0.2) is 12.1 Å². The van der Waals surface area contributed by atoms with Gasteiger partial charge in [-0.25, -0.2) is 0 Å². The molecule has 0 unspecified atom stereocenters. The zero-order chi connectivity index (χ0) is 9.84. The summed E-state index contributed by atoms with van der Waals surface area (Å²) in [4.78, 5) is 0. The fourth-order valence-corrected chi connectivity index (χ4v) is 2.11. The Labute approximate surface area is 92.4 Å². The SMILES string of the molecule is CCc1cc(OC)cc(I)c1OC. The van der Waals surface area contributed by atoms with Gasteiger partial charge in [-0.2, -0.15) is 0 Å². The molecule has 3 heteroatoms. The molecular formula is C10H13IO2. The highest BCUT2D eigenvalue weighted by Gasteiger charge is 2.08. The first-order chi connectivity index (χ1) is 6.22. The highest BCUT2D eigenvalue weighted by molar-refractivity contribution is 14.1. The minimum atomic E-state index is 0.891. The Balaban J connectivity index is 3.20. The monoisotopic (exact) mass is 292 g/mol. The molecule has 0 atom stereocenters. The van der Waals surface area contributed by atoms with Crippen molar-refractivity contribution in [2.45, 2.75) is 13.3 Å². The van der Waals surface area contributed by atoms with Crippen LogP contribution >= 0.6 is 22.6 Å². The van der Waals surface area contributed by atoms with Gasteiger partial charge >= 0.3 is 0 Å². The van der Waals surface area contributed by atoms with Crippen LogP contribution in [0.5, 0.6) is 11.5 Å². The Kier molecular flexibility index (Phi) is 3.84. The Morgan fingerprint density at radius 2 is 1.92 bits per heavy atom. The molecule has 13 heavy (non-hydrogen) atoms. The lowest BCUT2D eigenvalue weighted by Crippen LogP contribution is -1.95. The summed E-state index contributed by atoms with van der Waals surface area (Å²) in [7, 11) is 3.38. The van der Waals surface area contributed by atoms with Crippen LogP contribution in [0, 0.1) is 3.57 Å². The molecular weight excluding hydrogens is 279 g/mol. The number of hydrogen-bond acceptors (Lipinski definition) is 2. The minimum Gasteiger partial charge on any atom is -0.497 e. The van der Waals surface area contributed by atoms with Gasteiger partial charge in [0.05, 0.1) is 17.8 Å². The molecule has 0 radical (unpaired) electrons. The van der Waals surface area contributed by atoms with Crippen LogP contribution in [-0.2, 0) is 6.42 Å². The molecule has 1 rings (SSSR count). The number of methoxy groups -OCH3 is 2. The summed E-state index contributed by atoms with van der Waals surface area (Å²) in [5.74, 6) is 1.85. The standard InChI is InChI=1S/C10H13IO2/c1-4-7-5-8(12-2)6-9(11)10(7)13-3/h5-6H,4H2,1-3H3. The first-order valence-electron chi connectivity index (χ1n) is 4.13. The van der Waals surface area contributed by atoms with E-state index in [1.165, 1.54) is 5.56 Å². The zero-order valence-corrected chi connectivity index (χ0v) is 10.2. The van der Waals surface area contributed by atoms with Crippen molar-refractivity contribution in [3.05, 3.63) is 21.3 Å². The molecule has 0 amide bonds.